The number of nitrogens with zero attached hydrogens (tertiary/aromatic N) is 2. The molecular formula is C18H25F3N4O. The van der Waals surface area contributed by atoms with Gasteiger partial charge in [-0.05, 0) is 37.6 Å². The van der Waals surface area contributed by atoms with Gasteiger partial charge in [-0.25, -0.2) is 0 Å². The number of piperazine rings is 1. The van der Waals surface area contributed by atoms with Gasteiger partial charge in [0.15, 0.2) is 0 Å². The highest BCUT2D eigenvalue weighted by molar-refractivity contribution is 5.81. The molecule has 0 spiro atoms. The molecule has 1 atom stereocenters. The minimum atomic E-state index is -4.32. The van der Waals surface area contributed by atoms with Crippen LogP contribution in [-0.4, -0.2) is 62.7 Å². The average molecular weight is 370 g/mol. The molecule has 8 heteroatoms. The fourth-order valence-corrected chi connectivity index (χ4v) is 3.48. The third-order valence-corrected chi connectivity index (χ3v) is 5.01. The maximum absolute atomic E-state index is 12.8. The van der Waals surface area contributed by atoms with Crippen LogP contribution in [0.25, 0.3) is 0 Å². The van der Waals surface area contributed by atoms with Crippen molar-refractivity contribution in [3.8, 4) is 0 Å². The largest absolute Gasteiger partial charge is 0.416 e. The lowest BCUT2D eigenvalue weighted by Crippen LogP contribution is -2.49. The standard InChI is InChI=1S/C18H25F3N4O/c19-18(20,21)14-3-1-4-15(13-14)25-11-9-24(10-12-25)8-7-23-17(26)16-5-2-6-22-16/h1,3-4,13,16,22H,2,5-12H2,(H,23,26)/t16-/m0/s1. The Hall–Kier alpha value is -1.80. The number of alkyl halides is 3. The van der Waals surface area contributed by atoms with Crippen molar-refractivity contribution in [3.05, 3.63) is 29.8 Å². The summed E-state index contributed by atoms with van der Waals surface area (Å²) in [7, 11) is 0. The van der Waals surface area contributed by atoms with Crippen molar-refractivity contribution < 1.29 is 18.0 Å². The third-order valence-electron chi connectivity index (χ3n) is 5.01. The van der Waals surface area contributed by atoms with Gasteiger partial charge in [0.1, 0.15) is 0 Å². The van der Waals surface area contributed by atoms with E-state index in [9.17, 15) is 18.0 Å². The second-order valence-corrected chi connectivity index (χ2v) is 6.82. The van der Waals surface area contributed by atoms with E-state index in [4.69, 9.17) is 0 Å². The topological polar surface area (TPSA) is 47.6 Å². The number of carbonyl (C=O) groups is 1. The number of amides is 1. The average Bonchev–Trinajstić information content (AvgIpc) is 3.16. The Morgan fingerprint density at radius 3 is 2.65 bits per heavy atom. The molecule has 0 radical (unpaired) electrons. The zero-order valence-corrected chi connectivity index (χ0v) is 14.7. The molecule has 5 nitrogen and oxygen atoms in total. The lowest BCUT2D eigenvalue weighted by atomic mass is 10.1. The highest BCUT2D eigenvalue weighted by atomic mass is 19.4. The van der Waals surface area contributed by atoms with E-state index in [1.54, 1.807) is 6.07 Å². The molecule has 3 rings (SSSR count). The molecule has 0 saturated carbocycles. The molecule has 26 heavy (non-hydrogen) atoms. The first-order valence-corrected chi connectivity index (χ1v) is 9.09. The first-order chi connectivity index (χ1) is 12.4. The smallest absolute Gasteiger partial charge is 0.369 e. The zero-order valence-electron chi connectivity index (χ0n) is 14.7. The second kappa shape index (κ2) is 8.26. The predicted molar refractivity (Wildman–Crippen MR) is 94.1 cm³/mol. The first kappa shape index (κ1) is 19.0. The minimum absolute atomic E-state index is 0.0603. The molecule has 2 N–H and O–H groups in total. The van der Waals surface area contributed by atoms with Crippen molar-refractivity contribution >= 4 is 11.6 Å². The Kier molecular flexibility index (Phi) is 6.03. The molecule has 144 valence electrons. The van der Waals surface area contributed by atoms with Gasteiger partial charge in [0.25, 0.3) is 0 Å². The third kappa shape index (κ3) is 4.88. The van der Waals surface area contributed by atoms with Crippen molar-refractivity contribution in [2.45, 2.75) is 25.1 Å². The number of rotatable bonds is 5. The van der Waals surface area contributed by atoms with Gasteiger partial charge < -0.3 is 15.5 Å². The quantitative estimate of drug-likeness (QED) is 0.828. The summed E-state index contributed by atoms with van der Waals surface area (Å²) in [5.41, 5.74) is 0.000694. The molecular weight excluding hydrogens is 345 g/mol. The van der Waals surface area contributed by atoms with Crippen molar-refractivity contribution in [1.29, 1.82) is 0 Å². The number of halogens is 3. The van der Waals surface area contributed by atoms with Crippen molar-refractivity contribution in [2.75, 3.05) is 50.7 Å². The molecule has 0 bridgehead atoms. The molecule has 2 saturated heterocycles. The van der Waals surface area contributed by atoms with E-state index in [0.717, 1.165) is 45.1 Å². The molecule has 2 heterocycles. The van der Waals surface area contributed by atoms with Crippen molar-refractivity contribution in [1.82, 2.24) is 15.5 Å². The molecule has 1 aromatic rings. The van der Waals surface area contributed by atoms with Crippen LogP contribution in [0.5, 0.6) is 0 Å². The summed E-state index contributed by atoms with van der Waals surface area (Å²) in [5.74, 6) is 0.0603. The van der Waals surface area contributed by atoms with E-state index >= 15 is 0 Å². The second-order valence-electron chi connectivity index (χ2n) is 6.82. The van der Waals surface area contributed by atoms with Crippen molar-refractivity contribution in [2.24, 2.45) is 0 Å². The lowest BCUT2D eigenvalue weighted by molar-refractivity contribution is -0.137. The Morgan fingerprint density at radius 2 is 2.00 bits per heavy atom. The molecule has 1 amide bonds. The Bertz CT molecular complexity index is 609. The number of nitrogens with one attached hydrogen (secondary N) is 2. The fraction of sp³-hybridized carbons (Fsp3) is 0.611. The van der Waals surface area contributed by atoms with E-state index in [1.807, 2.05) is 4.90 Å². The number of hydrogen-bond donors (Lipinski definition) is 2. The molecule has 0 aliphatic carbocycles. The van der Waals surface area contributed by atoms with Crippen LogP contribution in [0.3, 0.4) is 0 Å². The monoisotopic (exact) mass is 370 g/mol. The summed E-state index contributed by atoms with van der Waals surface area (Å²) in [4.78, 5) is 16.2. The molecule has 2 fully saturated rings. The summed E-state index contributed by atoms with van der Waals surface area (Å²) in [6.45, 7) is 5.16. The summed E-state index contributed by atoms with van der Waals surface area (Å²) >= 11 is 0. The number of carbonyl (C=O) groups excluding carboxylic acids is 1. The van der Waals surface area contributed by atoms with Gasteiger partial charge in [-0.15, -0.1) is 0 Å². The van der Waals surface area contributed by atoms with Crippen LogP contribution in [0.4, 0.5) is 18.9 Å². The molecule has 1 aromatic carbocycles. The summed E-state index contributed by atoms with van der Waals surface area (Å²) in [6.07, 6.45) is -2.39. The highest BCUT2D eigenvalue weighted by Crippen LogP contribution is 2.31. The van der Waals surface area contributed by atoms with Gasteiger partial charge >= 0.3 is 6.18 Å². The molecule has 2 aliphatic rings. The van der Waals surface area contributed by atoms with Crippen LogP contribution in [-0.2, 0) is 11.0 Å². The maximum atomic E-state index is 12.8. The number of hydrogen-bond acceptors (Lipinski definition) is 4. The van der Waals surface area contributed by atoms with E-state index in [1.165, 1.54) is 12.1 Å². The van der Waals surface area contributed by atoms with Crippen molar-refractivity contribution in [3.63, 3.8) is 0 Å². The first-order valence-electron chi connectivity index (χ1n) is 9.09. The lowest BCUT2D eigenvalue weighted by Gasteiger charge is -2.36. The van der Waals surface area contributed by atoms with E-state index < -0.39 is 11.7 Å². The van der Waals surface area contributed by atoms with Crippen LogP contribution in [0, 0.1) is 0 Å². The van der Waals surface area contributed by atoms with Crippen LogP contribution in [0.2, 0.25) is 0 Å². The summed E-state index contributed by atoms with van der Waals surface area (Å²) in [5, 5.41) is 6.13. The SMILES string of the molecule is O=C(NCCN1CCN(c2cccc(C(F)(F)F)c2)CC1)[C@@H]1CCCN1. The van der Waals surface area contributed by atoms with Crippen LogP contribution < -0.4 is 15.5 Å². The maximum Gasteiger partial charge on any atom is 0.416 e. The molecule has 2 aliphatic heterocycles. The normalized spacial score (nSPS) is 21.8. The molecule has 0 aromatic heterocycles. The van der Waals surface area contributed by atoms with Gasteiger partial charge in [-0.3, -0.25) is 9.69 Å². The number of anilines is 1. The Labute approximate surface area is 151 Å². The Morgan fingerprint density at radius 1 is 1.23 bits per heavy atom. The predicted octanol–water partition coefficient (Wildman–Crippen LogP) is 1.70. The van der Waals surface area contributed by atoms with E-state index in [0.29, 0.717) is 25.3 Å². The summed E-state index contributed by atoms with van der Waals surface area (Å²) in [6, 6.07) is 5.43. The van der Waals surface area contributed by atoms with Gasteiger partial charge in [0, 0.05) is 45.0 Å². The van der Waals surface area contributed by atoms with Gasteiger partial charge in [-0.1, -0.05) is 6.07 Å². The highest BCUT2D eigenvalue weighted by Gasteiger charge is 2.31. The van der Waals surface area contributed by atoms with Crippen LogP contribution in [0.1, 0.15) is 18.4 Å². The minimum Gasteiger partial charge on any atom is -0.369 e. The zero-order chi connectivity index (χ0) is 18.6. The van der Waals surface area contributed by atoms with Gasteiger partial charge in [0.2, 0.25) is 5.91 Å². The fourth-order valence-electron chi connectivity index (χ4n) is 3.48. The van der Waals surface area contributed by atoms with E-state index in [2.05, 4.69) is 15.5 Å². The van der Waals surface area contributed by atoms with Crippen LogP contribution in [0.15, 0.2) is 24.3 Å². The van der Waals surface area contributed by atoms with E-state index in [-0.39, 0.29) is 11.9 Å². The molecule has 0 unspecified atom stereocenters. The van der Waals surface area contributed by atoms with Gasteiger partial charge in [0.05, 0.1) is 11.6 Å². The number of benzene rings is 1. The summed E-state index contributed by atoms with van der Waals surface area (Å²) < 4.78 is 38.5. The Balaban J connectivity index is 1.42. The van der Waals surface area contributed by atoms with Gasteiger partial charge in [-0.2, -0.15) is 13.2 Å². The van der Waals surface area contributed by atoms with Crippen LogP contribution >= 0.6 is 0 Å².